The lowest BCUT2D eigenvalue weighted by Crippen LogP contribution is -2.35. The summed E-state index contributed by atoms with van der Waals surface area (Å²) in [7, 11) is -2.90. The van der Waals surface area contributed by atoms with E-state index in [4.69, 9.17) is 5.26 Å². The summed E-state index contributed by atoms with van der Waals surface area (Å²) in [4.78, 5) is 3.49. The van der Waals surface area contributed by atoms with Crippen LogP contribution in [0, 0.1) is 11.3 Å². The fourth-order valence-corrected chi connectivity index (χ4v) is 5.39. The van der Waals surface area contributed by atoms with Gasteiger partial charge in [-0.15, -0.1) is 11.3 Å². The van der Waals surface area contributed by atoms with Gasteiger partial charge in [-0.3, -0.25) is 4.90 Å². The van der Waals surface area contributed by atoms with Crippen molar-refractivity contribution in [3.63, 3.8) is 0 Å². The van der Waals surface area contributed by atoms with Gasteiger partial charge in [0.25, 0.3) is 0 Å². The van der Waals surface area contributed by atoms with Gasteiger partial charge in [-0.2, -0.15) is 5.26 Å². The third kappa shape index (κ3) is 4.20. The molecule has 0 radical (unpaired) electrons. The second-order valence-corrected chi connectivity index (χ2v) is 9.11. The highest BCUT2D eigenvalue weighted by Crippen LogP contribution is 2.23. The SMILES string of the molecule is N#Cc1ccc(CN(Cc2cccs2)[C@@H]2CCS(=O)(=O)C2)cc1. The molecule has 1 atom stereocenters. The minimum atomic E-state index is -2.90. The molecule has 23 heavy (non-hydrogen) atoms. The van der Waals surface area contributed by atoms with Crippen molar-refractivity contribution in [1.29, 1.82) is 5.26 Å². The van der Waals surface area contributed by atoms with E-state index < -0.39 is 9.84 Å². The van der Waals surface area contributed by atoms with Gasteiger partial charge >= 0.3 is 0 Å². The van der Waals surface area contributed by atoms with Gasteiger partial charge in [0.1, 0.15) is 0 Å². The molecular weight excluding hydrogens is 328 g/mol. The van der Waals surface area contributed by atoms with E-state index in [2.05, 4.69) is 17.0 Å². The zero-order valence-corrected chi connectivity index (χ0v) is 14.3. The van der Waals surface area contributed by atoms with Crippen LogP contribution in [0.3, 0.4) is 0 Å². The highest BCUT2D eigenvalue weighted by molar-refractivity contribution is 7.91. The first kappa shape index (κ1) is 16.2. The fourth-order valence-electron chi connectivity index (χ4n) is 2.90. The largest absolute Gasteiger partial charge is 0.290 e. The molecule has 3 rings (SSSR count). The molecule has 120 valence electrons. The molecule has 0 saturated carbocycles. The molecule has 0 spiro atoms. The quantitative estimate of drug-likeness (QED) is 0.835. The number of nitriles is 1. The van der Waals surface area contributed by atoms with Crippen LogP contribution in [-0.4, -0.2) is 30.9 Å². The molecule has 4 nitrogen and oxygen atoms in total. The lowest BCUT2D eigenvalue weighted by atomic mass is 10.1. The van der Waals surface area contributed by atoms with Crippen molar-refractivity contribution in [2.75, 3.05) is 11.5 Å². The van der Waals surface area contributed by atoms with Crippen molar-refractivity contribution in [3.05, 3.63) is 57.8 Å². The van der Waals surface area contributed by atoms with Crippen LogP contribution in [0.5, 0.6) is 0 Å². The molecule has 2 aromatic rings. The minimum Gasteiger partial charge on any atom is -0.290 e. The maximum atomic E-state index is 11.8. The van der Waals surface area contributed by atoms with Crippen molar-refractivity contribution in [2.45, 2.75) is 25.6 Å². The molecule has 2 heterocycles. The molecule has 1 aromatic heterocycles. The molecular formula is C17H18N2O2S2. The molecule has 6 heteroatoms. The zero-order chi connectivity index (χ0) is 16.3. The summed E-state index contributed by atoms with van der Waals surface area (Å²) in [5.41, 5.74) is 1.74. The summed E-state index contributed by atoms with van der Waals surface area (Å²) in [5.74, 6) is 0.528. The lowest BCUT2D eigenvalue weighted by molar-refractivity contribution is 0.196. The van der Waals surface area contributed by atoms with Crippen molar-refractivity contribution in [1.82, 2.24) is 4.90 Å². The molecule has 1 aliphatic heterocycles. The van der Waals surface area contributed by atoms with Crippen LogP contribution in [0.2, 0.25) is 0 Å². The second-order valence-electron chi connectivity index (χ2n) is 5.85. The highest BCUT2D eigenvalue weighted by Gasteiger charge is 2.32. The summed E-state index contributed by atoms with van der Waals surface area (Å²) in [6, 6.07) is 13.8. The van der Waals surface area contributed by atoms with Crippen molar-refractivity contribution >= 4 is 21.2 Å². The Hall–Kier alpha value is -1.68. The van der Waals surface area contributed by atoms with E-state index in [1.807, 2.05) is 35.7 Å². The Bertz CT molecular complexity index is 790. The summed E-state index contributed by atoms with van der Waals surface area (Å²) in [6.45, 7) is 1.46. The average molecular weight is 346 g/mol. The first-order valence-electron chi connectivity index (χ1n) is 7.52. The van der Waals surface area contributed by atoms with Gasteiger partial charge in [-0.1, -0.05) is 18.2 Å². The Morgan fingerprint density at radius 3 is 2.57 bits per heavy atom. The molecule has 1 saturated heterocycles. The predicted molar refractivity (Wildman–Crippen MR) is 91.8 cm³/mol. The van der Waals surface area contributed by atoms with Gasteiger partial charge in [-0.05, 0) is 35.6 Å². The Balaban J connectivity index is 1.78. The first-order chi connectivity index (χ1) is 11.1. The summed E-state index contributed by atoms with van der Waals surface area (Å²) >= 11 is 1.69. The van der Waals surface area contributed by atoms with Crippen molar-refractivity contribution in [2.24, 2.45) is 0 Å². The number of hydrogen-bond donors (Lipinski definition) is 0. The Labute approximate surface area is 140 Å². The normalized spacial score (nSPS) is 19.7. The number of thiophene rings is 1. The average Bonchev–Trinajstić information content (AvgIpc) is 3.16. The van der Waals surface area contributed by atoms with Crippen LogP contribution in [0.25, 0.3) is 0 Å². The van der Waals surface area contributed by atoms with E-state index >= 15 is 0 Å². The number of nitrogens with zero attached hydrogens (tertiary/aromatic N) is 2. The van der Waals surface area contributed by atoms with Crippen LogP contribution in [-0.2, 0) is 22.9 Å². The van der Waals surface area contributed by atoms with E-state index in [1.165, 1.54) is 4.88 Å². The number of benzene rings is 1. The Kier molecular flexibility index (Phi) is 4.81. The third-order valence-electron chi connectivity index (χ3n) is 4.13. The Morgan fingerprint density at radius 2 is 2.00 bits per heavy atom. The van der Waals surface area contributed by atoms with Crippen LogP contribution < -0.4 is 0 Å². The van der Waals surface area contributed by atoms with E-state index in [1.54, 1.807) is 11.3 Å². The van der Waals surface area contributed by atoms with Gasteiger partial charge < -0.3 is 0 Å². The number of sulfone groups is 1. The minimum absolute atomic E-state index is 0.0674. The molecule has 0 amide bonds. The van der Waals surface area contributed by atoms with Crippen LogP contribution in [0.1, 0.15) is 22.4 Å². The van der Waals surface area contributed by atoms with Gasteiger partial charge in [0, 0.05) is 24.0 Å². The van der Waals surface area contributed by atoms with Crippen LogP contribution in [0.4, 0.5) is 0 Å². The number of rotatable bonds is 5. The molecule has 0 unspecified atom stereocenters. The van der Waals surface area contributed by atoms with E-state index in [9.17, 15) is 8.42 Å². The van der Waals surface area contributed by atoms with Gasteiger partial charge in [0.2, 0.25) is 0 Å². The first-order valence-corrected chi connectivity index (χ1v) is 10.2. The van der Waals surface area contributed by atoms with E-state index in [0.29, 0.717) is 18.5 Å². The summed E-state index contributed by atoms with van der Waals surface area (Å²) in [6.07, 6.45) is 0.698. The lowest BCUT2D eigenvalue weighted by Gasteiger charge is -2.27. The summed E-state index contributed by atoms with van der Waals surface area (Å²) in [5, 5.41) is 10.9. The Morgan fingerprint density at radius 1 is 1.22 bits per heavy atom. The van der Waals surface area contributed by atoms with Crippen molar-refractivity contribution in [3.8, 4) is 6.07 Å². The highest BCUT2D eigenvalue weighted by atomic mass is 32.2. The van der Waals surface area contributed by atoms with E-state index in [-0.39, 0.29) is 17.5 Å². The monoisotopic (exact) mass is 346 g/mol. The fraction of sp³-hybridized carbons (Fsp3) is 0.353. The number of hydrogen-bond acceptors (Lipinski definition) is 5. The molecule has 0 bridgehead atoms. The smallest absolute Gasteiger partial charge is 0.151 e. The van der Waals surface area contributed by atoms with Crippen LogP contribution >= 0.6 is 11.3 Å². The molecule has 0 aliphatic carbocycles. The van der Waals surface area contributed by atoms with E-state index in [0.717, 1.165) is 12.1 Å². The second kappa shape index (κ2) is 6.83. The topological polar surface area (TPSA) is 61.2 Å². The predicted octanol–water partition coefficient (Wildman–Crippen LogP) is 2.81. The molecule has 1 aromatic carbocycles. The molecule has 1 aliphatic rings. The van der Waals surface area contributed by atoms with Gasteiger partial charge in [0.05, 0.1) is 23.1 Å². The van der Waals surface area contributed by atoms with Crippen LogP contribution in [0.15, 0.2) is 41.8 Å². The molecule has 1 fully saturated rings. The third-order valence-corrected chi connectivity index (χ3v) is 6.74. The van der Waals surface area contributed by atoms with Crippen molar-refractivity contribution < 1.29 is 8.42 Å². The zero-order valence-electron chi connectivity index (χ0n) is 12.7. The standard InChI is InChI=1S/C17H18N2O2S2/c18-10-14-3-5-15(6-4-14)11-19(12-17-2-1-8-22-17)16-7-9-23(20,21)13-16/h1-6,8,16H,7,9,11-13H2/t16-/m1/s1. The van der Waals surface area contributed by atoms with Gasteiger partial charge in [-0.25, -0.2) is 8.42 Å². The molecule has 0 N–H and O–H groups in total. The van der Waals surface area contributed by atoms with Gasteiger partial charge in [0.15, 0.2) is 9.84 Å². The maximum absolute atomic E-state index is 11.8. The summed E-state index contributed by atoms with van der Waals surface area (Å²) < 4.78 is 23.6. The maximum Gasteiger partial charge on any atom is 0.151 e.